The first kappa shape index (κ1) is 25.3. The van der Waals surface area contributed by atoms with Crippen molar-refractivity contribution >= 4 is 64.3 Å². The van der Waals surface area contributed by atoms with Gasteiger partial charge in [0.2, 0.25) is 0 Å². The van der Waals surface area contributed by atoms with Gasteiger partial charge in [0.1, 0.15) is 0 Å². The van der Waals surface area contributed by atoms with Crippen LogP contribution in [0.15, 0.2) is 164 Å². The van der Waals surface area contributed by atoms with E-state index < -0.39 is 0 Å². The van der Waals surface area contributed by atoms with Crippen LogP contribution in [0.2, 0.25) is 0 Å². The van der Waals surface area contributed by atoms with Gasteiger partial charge in [-0.15, -0.1) is 0 Å². The van der Waals surface area contributed by atoms with Gasteiger partial charge in [-0.25, -0.2) is 0 Å². The molecule has 0 N–H and O–H groups in total. The molecule has 5 heteroatoms. The van der Waals surface area contributed by atoms with Crippen LogP contribution in [0.4, 0.5) is 34.1 Å². The van der Waals surface area contributed by atoms with Crippen LogP contribution in [-0.4, -0.2) is 13.8 Å². The molecule has 4 heterocycles. The highest BCUT2D eigenvalue weighted by Gasteiger charge is 2.52. The van der Waals surface area contributed by atoms with Gasteiger partial charge in [-0.05, 0) is 81.6 Å². The molecule has 216 valence electrons. The Morgan fingerprint density at radius 3 is 1.53 bits per heavy atom. The second-order valence-electron chi connectivity index (χ2n) is 12.8. The molecule has 11 rings (SSSR count). The first-order chi connectivity index (χ1) is 23.4. The summed E-state index contributed by atoms with van der Waals surface area (Å²) in [4.78, 5) is 7.76. The topological polar surface area (TPSA) is 9.72 Å². The fourth-order valence-electron chi connectivity index (χ4n) is 8.86. The average molecular weight is 595 g/mol. The van der Waals surface area contributed by atoms with Crippen LogP contribution in [0.5, 0.6) is 0 Å². The molecule has 4 aliphatic heterocycles. The summed E-state index contributed by atoms with van der Waals surface area (Å²) in [5, 5.41) is 0. The van der Waals surface area contributed by atoms with Crippen molar-refractivity contribution in [1.29, 1.82) is 0 Å². The first-order valence-corrected chi connectivity index (χ1v) is 16.4. The highest BCUT2D eigenvalue weighted by Crippen LogP contribution is 2.54. The Balaban J connectivity index is 1.31. The number of fused-ring (bicyclic) bond motifs is 10. The number of benzene rings is 7. The molecule has 3 nitrogen and oxygen atoms in total. The number of para-hydroxylation sites is 4. The summed E-state index contributed by atoms with van der Waals surface area (Å²) in [6, 6.07) is 60.6. The van der Waals surface area contributed by atoms with Crippen LogP contribution in [0.1, 0.15) is 0 Å². The highest BCUT2D eigenvalue weighted by atomic mass is 15.2. The van der Waals surface area contributed by atoms with Gasteiger partial charge in [0.15, 0.2) is 0 Å². The van der Waals surface area contributed by atoms with E-state index in [-0.39, 0.29) is 13.8 Å². The van der Waals surface area contributed by atoms with Gasteiger partial charge < -0.3 is 14.4 Å². The average Bonchev–Trinajstić information content (AvgIpc) is 3.15. The number of nitrogens with zero attached hydrogens (tertiary/aromatic N) is 3. The van der Waals surface area contributed by atoms with E-state index in [2.05, 4.69) is 178 Å². The van der Waals surface area contributed by atoms with E-state index >= 15 is 0 Å². The van der Waals surface area contributed by atoms with E-state index in [1.54, 1.807) is 0 Å². The van der Waals surface area contributed by atoms with Crippen LogP contribution in [-0.2, 0) is 0 Å². The lowest BCUT2D eigenvalue weighted by Gasteiger charge is -2.52. The van der Waals surface area contributed by atoms with Crippen molar-refractivity contribution in [3.63, 3.8) is 0 Å². The summed E-state index contributed by atoms with van der Waals surface area (Å²) in [5.74, 6) is 0. The molecule has 0 saturated carbocycles. The smallest absolute Gasteiger partial charge is 0.376 e. The summed E-state index contributed by atoms with van der Waals surface area (Å²) in [7, 11) is 0. The minimum atomic E-state index is -0.0833. The van der Waals surface area contributed by atoms with E-state index in [0.717, 1.165) is 0 Å². The maximum Gasteiger partial charge on any atom is 0.421 e. The van der Waals surface area contributed by atoms with Crippen LogP contribution < -0.4 is 30.8 Å². The molecule has 0 atom stereocenters. The van der Waals surface area contributed by atoms with Crippen LogP contribution in [0.25, 0.3) is 33.4 Å². The van der Waals surface area contributed by atoms with Crippen molar-refractivity contribution in [3.8, 4) is 33.4 Å². The third-order valence-electron chi connectivity index (χ3n) is 10.6. The highest BCUT2D eigenvalue weighted by molar-refractivity contribution is 6.95. The van der Waals surface area contributed by atoms with E-state index in [4.69, 9.17) is 0 Å². The molecule has 0 spiro atoms. The Morgan fingerprint density at radius 1 is 0.319 bits per heavy atom. The van der Waals surface area contributed by atoms with Gasteiger partial charge in [-0.2, -0.15) is 0 Å². The van der Waals surface area contributed by atoms with E-state index in [0.29, 0.717) is 0 Å². The Bertz CT molecular complexity index is 2410. The molecular weight excluding hydrogens is 568 g/mol. The summed E-state index contributed by atoms with van der Waals surface area (Å²) in [6.07, 6.45) is 0. The lowest BCUT2D eigenvalue weighted by molar-refractivity contribution is 1.25. The zero-order valence-corrected chi connectivity index (χ0v) is 25.6. The second-order valence-corrected chi connectivity index (χ2v) is 12.8. The minimum Gasteiger partial charge on any atom is -0.376 e. The fourth-order valence-corrected chi connectivity index (χ4v) is 8.86. The molecule has 4 aliphatic rings. The molecule has 7 aromatic rings. The van der Waals surface area contributed by atoms with Crippen molar-refractivity contribution < 1.29 is 0 Å². The molecule has 7 aromatic carbocycles. The van der Waals surface area contributed by atoms with Crippen LogP contribution >= 0.6 is 0 Å². The number of hydrogen-bond donors (Lipinski definition) is 0. The molecule has 0 unspecified atom stereocenters. The SMILES string of the molecule is c1ccc(N2B3c4c(ccc5c4-c4c(cccc4N4B5c5ccccc5-c5ccccc54)N3c3ccccc3)-c3ccccc32)cc1. The van der Waals surface area contributed by atoms with Crippen molar-refractivity contribution in [2.45, 2.75) is 0 Å². The van der Waals surface area contributed by atoms with Gasteiger partial charge >= 0.3 is 13.8 Å². The predicted molar refractivity (Wildman–Crippen MR) is 199 cm³/mol. The maximum absolute atomic E-state index is 2.61. The summed E-state index contributed by atoms with van der Waals surface area (Å²) in [5.41, 5.74) is 19.4. The van der Waals surface area contributed by atoms with Crippen LogP contribution in [0, 0.1) is 0 Å². The molecule has 0 amide bonds. The number of anilines is 6. The van der Waals surface area contributed by atoms with Gasteiger partial charge in [0.25, 0.3) is 0 Å². The third kappa shape index (κ3) is 3.23. The Hall–Kier alpha value is -5.93. The van der Waals surface area contributed by atoms with Gasteiger partial charge in [0, 0.05) is 50.8 Å². The summed E-state index contributed by atoms with van der Waals surface area (Å²) >= 11 is 0. The normalized spacial score (nSPS) is 14.2. The van der Waals surface area contributed by atoms with Crippen molar-refractivity contribution in [1.82, 2.24) is 0 Å². The summed E-state index contributed by atoms with van der Waals surface area (Å²) in [6.45, 7) is -0.0181. The Kier molecular flexibility index (Phi) is 5.01. The molecule has 0 aliphatic carbocycles. The summed E-state index contributed by atoms with van der Waals surface area (Å²) < 4.78 is 0. The standard InChI is InChI=1S/C42H27B2N3/c1-3-14-28(15-4-1)45-36-22-11-9-20-32(36)33-26-27-35-40-41-38(46(44(45)42(33)40)29-16-5-2-6-17-29)24-13-25-39(41)47-37-23-12-8-19-31(37)30-18-7-10-21-34(30)43(35)47/h1-27H. The van der Waals surface area contributed by atoms with Gasteiger partial charge in [-0.1, -0.05) is 115 Å². The predicted octanol–water partition coefficient (Wildman–Crippen LogP) is 8.26. The third-order valence-corrected chi connectivity index (χ3v) is 10.6. The van der Waals surface area contributed by atoms with Crippen LogP contribution in [0.3, 0.4) is 0 Å². The number of rotatable bonds is 2. The molecule has 0 bridgehead atoms. The molecule has 0 radical (unpaired) electrons. The van der Waals surface area contributed by atoms with Gasteiger partial charge in [0.05, 0.1) is 0 Å². The lowest BCUT2D eigenvalue weighted by atomic mass is 9.40. The van der Waals surface area contributed by atoms with Crippen molar-refractivity contribution in [2.75, 3.05) is 14.4 Å². The molecular formula is C42H27B2N3. The molecule has 0 aromatic heterocycles. The zero-order chi connectivity index (χ0) is 30.6. The van der Waals surface area contributed by atoms with E-state index in [1.807, 2.05) is 0 Å². The lowest BCUT2D eigenvalue weighted by Crippen LogP contribution is -2.67. The fraction of sp³-hybridized carbons (Fsp3) is 0. The number of hydrogen-bond acceptors (Lipinski definition) is 3. The monoisotopic (exact) mass is 595 g/mol. The largest absolute Gasteiger partial charge is 0.421 e. The van der Waals surface area contributed by atoms with Gasteiger partial charge in [-0.3, -0.25) is 0 Å². The van der Waals surface area contributed by atoms with Crippen molar-refractivity contribution in [2.24, 2.45) is 0 Å². The molecule has 0 fully saturated rings. The quantitative estimate of drug-likeness (QED) is 0.187. The Morgan fingerprint density at radius 2 is 0.830 bits per heavy atom. The maximum atomic E-state index is 2.61. The van der Waals surface area contributed by atoms with Crippen molar-refractivity contribution in [3.05, 3.63) is 164 Å². The molecule has 0 saturated heterocycles. The van der Waals surface area contributed by atoms with E-state index in [9.17, 15) is 0 Å². The second kappa shape index (κ2) is 9.31. The van der Waals surface area contributed by atoms with E-state index in [1.165, 1.54) is 83.9 Å². The Labute approximate surface area is 275 Å². The first-order valence-electron chi connectivity index (χ1n) is 16.4. The minimum absolute atomic E-state index is 0.0652. The molecule has 47 heavy (non-hydrogen) atoms. The zero-order valence-electron chi connectivity index (χ0n) is 25.6.